The molecule has 0 aliphatic rings. The molecule has 0 heterocycles. The predicted molar refractivity (Wildman–Crippen MR) is 108 cm³/mol. The van der Waals surface area contributed by atoms with Gasteiger partial charge in [0.15, 0.2) is 0 Å². The topological polar surface area (TPSA) is 424 Å². The Morgan fingerprint density at radius 2 is 0.561 bits per heavy atom. The van der Waals surface area contributed by atoms with Crippen molar-refractivity contribution in [3.63, 3.8) is 0 Å². The van der Waals surface area contributed by atoms with E-state index in [-0.39, 0.29) is 46.6 Å². The molecule has 0 saturated carbocycles. The van der Waals surface area contributed by atoms with Gasteiger partial charge in [-0.3, -0.25) is 0 Å². The monoisotopic (exact) mass is 664 g/mol. The number of carboxylic acid groups (broad SMARTS) is 3. The second kappa shape index (κ2) is 25.8. The molecule has 0 aliphatic heterocycles. The van der Waals surface area contributed by atoms with E-state index in [1.807, 2.05) is 0 Å². The maximum absolute atomic E-state index is 9.98. The van der Waals surface area contributed by atoms with Gasteiger partial charge in [-0.25, -0.2) is 0 Å². The molecule has 0 saturated heterocycles. The Morgan fingerprint density at radius 3 is 0.659 bits per heavy atom. The van der Waals surface area contributed by atoms with Gasteiger partial charge in [0, 0.05) is 0 Å². The van der Waals surface area contributed by atoms with Gasteiger partial charge in [0.05, 0.1) is 37.7 Å². The molecule has 41 heavy (non-hydrogen) atoms. The van der Waals surface area contributed by atoms with Crippen LogP contribution in [0, 0.1) is 0 Å². The molecule has 12 atom stereocenters. The van der Waals surface area contributed by atoms with Crippen LogP contribution in [-0.4, -0.2) is 188 Å². The Hall–Kier alpha value is -0.671. The summed E-state index contributed by atoms with van der Waals surface area (Å²) in [6.45, 7) is -2.59. The fourth-order valence-corrected chi connectivity index (χ4v) is 1.99. The molecule has 0 rings (SSSR count). The first kappa shape index (κ1) is 50.0. The Morgan fingerprint density at radius 1 is 0.415 bits per heavy atom. The van der Waals surface area contributed by atoms with E-state index in [1.165, 1.54) is 0 Å². The number of carboxylic acids is 3. The van der Waals surface area contributed by atoms with Crippen LogP contribution in [-0.2, 0) is 31.5 Å². The normalized spacial score (nSPS) is 19.4. The molecule has 21 nitrogen and oxygen atoms in total. The molecule has 0 spiro atoms. The van der Waals surface area contributed by atoms with Gasteiger partial charge in [-0.1, -0.05) is 0 Å². The Kier molecular flexibility index (Phi) is 31.4. The van der Waals surface area contributed by atoms with Crippen LogP contribution in [0.15, 0.2) is 0 Å². The first-order valence-electron chi connectivity index (χ1n) is 10.4. The number of carbonyl (C=O) groups is 3. The zero-order valence-electron chi connectivity index (χ0n) is 21.1. The van der Waals surface area contributed by atoms with Crippen molar-refractivity contribution >= 4 is 17.9 Å². The van der Waals surface area contributed by atoms with Crippen molar-refractivity contribution < 1.29 is 153 Å². The summed E-state index contributed by atoms with van der Waals surface area (Å²) >= 11 is 0. The molecule has 0 aliphatic carbocycles. The number of rotatable bonds is 15. The fourth-order valence-electron chi connectivity index (χ4n) is 1.99. The third kappa shape index (κ3) is 19.3. The second-order valence-corrected chi connectivity index (χ2v) is 7.48. The van der Waals surface area contributed by atoms with Crippen LogP contribution in [0.2, 0.25) is 0 Å². The van der Waals surface area contributed by atoms with Crippen LogP contribution in [0.1, 0.15) is 0 Å². The van der Waals surface area contributed by atoms with Gasteiger partial charge in [-0.15, -0.1) is 0 Å². The molecule has 240 valence electrons. The van der Waals surface area contributed by atoms with E-state index in [1.54, 1.807) is 0 Å². The Bertz CT molecular complexity index is 615. The van der Waals surface area contributed by atoms with Gasteiger partial charge in [-0.2, -0.15) is 0 Å². The first-order valence-corrected chi connectivity index (χ1v) is 10.4. The van der Waals surface area contributed by atoms with Crippen molar-refractivity contribution in [3.8, 4) is 0 Å². The number of aliphatic hydroxyl groups is 15. The first-order chi connectivity index (χ1) is 17.7. The van der Waals surface area contributed by atoms with Crippen LogP contribution in [0.3, 0.4) is 0 Å². The zero-order chi connectivity index (χ0) is 31.8. The van der Waals surface area contributed by atoms with Crippen molar-refractivity contribution in [2.24, 2.45) is 0 Å². The zero-order valence-corrected chi connectivity index (χ0v) is 24.2. The molecular formula is C18H33FeNaO21. The summed E-state index contributed by atoms with van der Waals surface area (Å²) in [5.41, 5.74) is 0. The number of hydrogen-bond acceptors (Lipinski definition) is 21. The summed E-state index contributed by atoms with van der Waals surface area (Å²) in [5.74, 6) is -5.93. The summed E-state index contributed by atoms with van der Waals surface area (Å²) in [4.78, 5) is 29.9. The van der Waals surface area contributed by atoms with Crippen molar-refractivity contribution in [2.75, 3.05) is 19.8 Å². The van der Waals surface area contributed by atoms with Crippen LogP contribution >= 0.6 is 0 Å². The minimum absolute atomic E-state index is 0. The van der Waals surface area contributed by atoms with Gasteiger partial charge in [-0.05, 0) is 0 Å². The third-order valence-electron chi connectivity index (χ3n) is 4.49. The predicted octanol–water partition coefficient (Wildman–Crippen LogP) is -17.5. The molecule has 0 bridgehead atoms. The minimum atomic E-state index is -2.31. The molecule has 0 aromatic carbocycles. The summed E-state index contributed by atoms with van der Waals surface area (Å²) in [7, 11) is 0. The van der Waals surface area contributed by atoms with E-state index in [9.17, 15) is 29.7 Å². The fraction of sp³-hybridized carbons (Fsp3) is 0.833. The number of hydrogen-bond donors (Lipinski definition) is 15. The van der Waals surface area contributed by atoms with Gasteiger partial charge >= 0.3 is 46.6 Å². The summed E-state index contributed by atoms with van der Waals surface area (Å²) in [6, 6.07) is 0. The largest absolute Gasteiger partial charge is 2.00 e. The molecule has 0 aromatic heterocycles. The van der Waals surface area contributed by atoms with Crippen LogP contribution in [0.25, 0.3) is 0 Å². The average molecular weight is 664 g/mol. The number of carbonyl (C=O) groups excluding carboxylic acids is 3. The van der Waals surface area contributed by atoms with Crippen LogP contribution < -0.4 is 44.9 Å². The van der Waals surface area contributed by atoms with Crippen LogP contribution in [0.4, 0.5) is 0 Å². The average Bonchev–Trinajstić information content (AvgIpc) is 2.92. The summed E-state index contributed by atoms with van der Waals surface area (Å²) in [5, 5.41) is 160. The van der Waals surface area contributed by atoms with E-state index in [0.29, 0.717) is 0 Å². The van der Waals surface area contributed by atoms with Crippen molar-refractivity contribution in [1.29, 1.82) is 0 Å². The SMILES string of the molecule is O=C([O-])[C@H](O)[C@@H](O)[C@H](O)[C@H](O)CO.O=C([O-])[C@H](O)[C@@H](O)[C@H](O)[C@H](O)CO.O=C([O-])[C@H](O)[C@@H](O)[C@H](O)[C@H](O)CO.[Fe+2].[Na+]. The van der Waals surface area contributed by atoms with E-state index in [0.717, 1.165) is 0 Å². The Labute approximate surface area is 263 Å². The summed E-state index contributed by atoms with van der Waals surface area (Å²) < 4.78 is 0. The van der Waals surface area contributed by atoms with E-state index in [2.05, 4.69) is 0 Å². The van der Waals surface area contributed by atoms with E-state index >= 15 is 0 Å². The number of aliphatic carboxylic acids is 3. The third-order valence-corrected chi connectivity index (χ3v) is 4.49. The minimum Gasteiger partial charge on any atom is -0.547 e. The molecule has 0 unspecified atom stereocenters. The molecule has 0 aromatic rings. The van der Waals surface area contributed by atoms with Gasteiger partial charge in [0.2, 0.25) is 0 Å². The summed E-state index contributed by atoms with van der Waals surface area (Å²) in [6.07, 6.45) is -24.2. The maximum Gasteiger partial charge on any atom is 2.00 e. The quantitative estimate of drug-likeness (QED) is 0.0722. The van der Waals surface area contributed by atoms with Gasteiger partial charge in [0.1, 0.15) is 73.2 Å². The van der Waals surface area contributed by atoms with Crippen molar-refractivity contribution in [2.45, 2.75) is 73.2 Å². The van der Waals surface area contributed by atoms with E-state index < -0.39 is 111 Å². The van der Waals surface area contributed by atoms with E-state index in [4.69, 9.17) is 76.6 Å². The smallest absolute Gasteiger partial charge is 0.547 e. The van der Waals surface area contributed by atoms with Gasteiger partial charge < -0.3 is 106 Å². The van der Waals surface area contributed by atoms with Crippen molar-refractivity contribution in [3.05, 3.63) is 0 Å². The maximum atomic E-state index is 9.98. The van der Waals surface area contributed by atoms with Gasteiger partial charge in [0.25, 0.3) is 0 Å². The second-order valence-electron chi connectivity index (χ2n) is 7.48. The number of aliphatic hydroxyl groups excluding tert-OH is 15. The van der Waals surface area contributed by atoms with Crippen LogP contribution in [0.5, 0.6) is 0 Å². The molecule has 0 radical (unpaired) electrons. The molecular weight excluding hydrogens is 631 g/mol. The molecule has 0 amide bonds. The Balaban J connectivity index is -0.000000154. The molecule has 23 heteroatoms. The van der Waals surface area contributed by atoms with Crippen molar-refractivity contribution in [1.82, 2.24) is 0 Å². The molecule has 0 fully saturated rings. The molecule has 15 N–H and O–H groups in total. The standard InChI is InChI=1S/3C6H12O7.Fe.Na/c3*7-1-2(8)3(9)4(10)5(11)6(12)13;;/h3*2-5,7-11H,1H2,(H,12,13);;/q;;;+2;+1/p-3/t3*2-,3-,4+,5-;;/m111../s1.